The van der Waals surface area contributed by atoms with Crippen molar-refractivity contribution in [3.63, 3.8) is 0 Å². The minimum Gasteiger partial charge on any atom is -0.435 e. The van der Waals surface area contributed by atoms with Crippen LogP contribution in [0.2, 0.25) is 0 Å². The molecule has 0 aliphatic heterocycles. The predicted molar refractivity (Wildman–Crippen MR) is 225 cm³/mol. The van der Waals surface area contributed by atoms with Gasteiger partial charge in [0.2, 0.25) is 5.89 Å². The molecule has 1 heterocycles. The third kappa shape index (κ3) is 5.60. The molecule has 10 rings (SSSR count). The molecule has 3 heteroatoms. The molecule has 1 aromatic heterocycles. The molecule has 9 aromatic carbocycles. The number of oxazole rings is 1. The Bertz CT molecular complexity index is 2920. The van der Waals surface area contributed by atoms with Crippen molar-refractivity contribution >= 4 is 49.7 Å². The molecule has 0 aliphatic carbocycles. The van der Waals surface area contributed by atoms with Gasteiger partial charge in [-0.05, 0) is 98.8 Å². The number of aromatic nitrogens is 1. The summed E-state index contributed by atoms with van der Waals surface area (Å²) in [6.07, 6.45) is 0. The Kier molecular flexibility index (Phi) is 7.81. The molecule has 0 bridgehead atoms. The first kappa shape index (κ1) is 31.5. The Morgan fingerprint density at radius 3 is 1.70 bits per heavy atom. The fourth-order valence-electron chi connectivity index (χ4n) is 7.73. The van der Waals surface area contributed by atoms with E-state index in [-0.39, 0.29) is 0 Å². The standard InChI is InChI=1S/C51H34N2O/c1-5-16-35(17-6-1)38-28-30-45-46(33-38)49-40(29-31-47-50(49)54-51(52-47)37-20-9-3-10-21-37)34-48(45)53(41-23-11-4-12-24-41)42-25-15-22-39(32-42)44-27-14-13-26-43(44)36-18-7-2-8-19-36/h1-34H. The van der Waals surface area contributed by atoms with Gasteiger partial charge in [0.15, 0.2) is 5.58 Å². The smallest absolute Gasteiger partial charge is 0.227 e. The average Bonchev–Trinajstić information content (AvgIpc) is 3.70. The molecule has 0 atom stereocenters. The van der Waals surface area contributed by atoms with Crippen LogP contribution in [0, 0.1) is 0 Å². The van der Waals surface area contributed by atoms with Gasteiger partial charge in [-0.1, -0.05) is 152 Å². The van der Waals surface area contributed by atoms with Gasteiger partial charge in [0.25, 0.3) is 0 Å². The van der Waals surface area contributed by atoms with Crippen LogP contribution in [-0.4, -0.2) is 4.98 Å². The van der Waals surface area contributed by atoms with Crippen LogP contribution in [0.25, 0.3) is 77.5 Å². The number of benzene rings is 9. The molecule has 0 fully saturated rings. The van der Waals surface area contributed by atoms with Gasteiger partial charge in [-0.25, -0.2) is 4.98 Å². The molecule has 0 N–H and O–H groups in total. The molecule has 254 valence electrons. The van der Waals surface area contributed by atoms with E-state index in [1.807, 2.05) is 30.3 Å². The topological polar surface area (TPSA) is 29.3 Å². The highest BCUT2D eigenvalue weighted by Crippen LogP contribution is 2.46. The monoisotopic (exact) mass is 690 g/mol. The normalized spacial score (nSPS) is 11.3. The highest BCUT2D eigenvalue weighted by Gasteiger charge is 2.21. The Labute approximate surface area is 314 Å². The minimum atomic E-state index is 0.619. The van der Waals surface area contributed by atoms with Crippen LogP contribution in [0.5, 0.6) is 0 Å². The molecular formula is C51H34N2O. The number of nitrogens with zero attached hydrogens (tertiary/aromatic N) is 2. The number of hydrogen-bond acceptors (Lipinski definition) is 3. The quantitative estimate of drug-likeness (QED) is 0.156. The maximum atomic E-state index is 6.68. The highest BCUT2D eigenvalue weighted by atomic mass is 16.3. The summed E-state index contributed by atoms with van der Waals surface area (Å²) in [6, 6.07) is 73.0. The van der Waals surface area contributed by atoms with E-state index in [2.05, 4.69) is 181 Å². The molecule has 54 heavy (non-hydrogen) atoms. The van der Waals surface area contributed by atoms with Crippen LogP contribution >= 0.6 is 0 Å². The van der Waals surface area contributed by atoms with E-state index in [1.54, 1.807) is 0 Å². The second kappa shape index (κ2) is 13.4. The van der Waals surface area contributed by atoms with E-state index in [1.165, 1.54) is 16.7 Å². The molecule has 0 saturated heterocycles. The van der Waals surface area contributed by atoms with Gasteiger partial charge in [0.1, 0.15) is 5.52 Å². The van der Waals surface area contributed by atoms with Gasteiger partial charge in [-0.3, -0.25) is 0 Å². The molecule has 0 unspecified atom stereocenters. The van der Waals surface area contributed by atoms with Gasteiger partial charge < -0.3 is 9.32 Å². The fourth-order valence-corrected chi connectivity index (χ4v) is 7.73. The zero-order chi connectivity index (χ0) is 35.8. The summed E-state index contributed by atoms with van der Waals surface area (Å²) in [4.78, 5) is 7.35. The molecule has 10 aromatic rings. The average molecular weight is 691 g/mol. The lowest BCUT2D eigenvalue weighted by atomic mass is 9.93. The molecule has 0 saturated carbocycles. The summed E-state index contributed by atoms with van der Waals surface area (Å²) < 4.78 is 6.68. The molecule has 0 radical (unpaired) electrons. The predicted octanol–water partition coefficient (Wildman–Crippen LogP) is 14.3. The van der Waals surface area contributed by atoms with Crippen LogP contribution in [0.3, 0.4) is 0 Å². The SMILES string of the molecule is c1ccc(-c2ccc3c(N(c4ccccc4)c4cccc(-c5ccccc5-c5ccccc5)c4)cc4ccc5nc(-c6ccccc6)oc5c4c3c2)cc1. The van der Waals surface area contributed by atoms with Crippen molar-refractivity contribution in [2.75, 3.05) is 4.90 Å². The van der Waals surface area contributed by atoms with E-state index in [0.717, 1.165) is 72.0 Å². The van der Waals surface area contributed by atoms with Gasteiger partial charge in [0.05, 0.1) is 5.69 Å². The lowest BCUT2D eigenvalue weighted by Gasteiger charge is -2.28. The van der Waals surface area contributed by atoms with Crippen molar-refractivity contribution in [2.45, 2.75) is 0 Å². The van der Waals surface area contributed by atoms with Crippen LogP contribution in [0.1, 0.15) is 0 Å². The van der Waals surface area contributed by atoms with Crippen molar-refractivity contribution in [1.29, 1.82) is 0 Å². The maximum absolute atomic E-state index is 6.68. The largest absolute Gasteiger partial charge is 0.435 e. The second-order valence-corrected chi connectivity index (χ2v) is 13.6. The zero-order valence-corrected chi connectivity index (χ0v) is 29.4. The van der Waals surface area contributed by atoms with Crippen molar-refractivity contribution in [3.8, 4) is 44.8 Å². The van der Waals surface area contributed by atoms with Crippen LogP contribution in [-0.2, 0) is 0 Å². The lowest BCUT2D eigenvalue weighted by molar-refractivity contribution is 0.623. The van der Waals surface area contributed by atoms with Crippen LogP contribution < -0.4 is 4.90 Å². The third-order valence-corrected chi connectivity index (χ3v) is 10.3. The third-order valence-electron chi connectivity index (χ3n) is 10.3. The van der Waals surface area contributed by atoms with E-state index >= 15 is 0 Å². The van der Waals surface area contributed by atoms with Crippen molar-refractivity contribution in [3.05, 3.63) is 206 Å². The Morgan fingerprint density at radius 2 is 0.981 bits per heavy atom. The van der Waals surface area contributed by atoms with Gasteiger partial charge in [-0.15, -0.1) is 0 Å². The van der Waals surface area contributed by atoms with Crippen molar-refractivity contribution in [1.82, 2.24) is 4.98 Å². The Hall–Kier alpha value is -7.23. The van der Waals surface area contributed by atoms with Crippen molar-refractivity contribution in [2.24, 2.45) is 0 Å². The van der Waals surface area contributed by atoms with Gasteiger partial charge >= 0.3 is 0 Å². The summed E-state index contributed by atoms with van der Waals surface area (Å²) in [7, 11) is 0. The summed E-state index contributed by atoms with van der Waals surface area (Å²) in [5.74, 6) is 0.619. The lowest BCUT2D eigenvalue weighted by Crippen LogP contribution is -2.10. The zero-order valence-electron chi connectivity index (χ0n) is 29.4. The van der Waals surface area contributed by atoms with E-state index in [0.29, 0.717) is 5.89 Å². The van der Waals surface area contributed by atoms with Crippen molar-refractivity contribution < 1.29 is 4.42 Å². The van der Waals surface area contributed by atoms with Gasteiger partial charge in [-0.2, -0.15) is 0 Å². The number of rotatable bonds is 7. The molecule has 0 aliphatic rings. The Balaban J connectivity index is 1.23. The first-order valence-electron chi connectivity index (χ1n) is 18.3. The van der Waals surface area contributed by atoms with Crippen LogP contribution in [0.15, 0.2) is 211 Å². The molecule has 0 spiro atoms. The van der Waals surface area contributed by atoms with E-state index in [9.17, 15) is 0 Å². The molecule has 0 amide bonds. The summed E-state index contributed by atoms with van der Waals surface area (Å²) in [6.45, 7) is 0. The number of anilines is 3. The number of para-hydroxylation sites is 1. The summed E-state index contributed by atoms with van der Waals surface area (Å²) in [5, 5.41) is 4.36. The number of hydrogen-bond donors (Lipinski definition) is 0. The molecular weight excluding hydrogens is 657 g/mol. The van der Waals surface area contributed by atoms with Gasteiger partial charge in [0, 0.05) is 27.7 Å². The van der Waals surface area contributed by atoms with E-state index in [4.69, 9.17) is 9.40 Å². The van der Waals surface area contributed by atoms with Crippen LogP contribution in [0.4, 0.5) is 17.1 Å². The fraction of sp³-hybridized carbons (Fsp3) is 0. The minimum absolute atomic E-state index is 0.619. The highest BCUT2D eigenvalue weighted by molar-refractivity contribution is 6.22. The second-order valence-electron chi connectivity index (χ2n) is 13.6. The maximum Gasteiger partial charge on any atom is 0.227 e. The molecule has 3 nitrogen and oxygen atoms in total. The first-order chi connectivity index (χ1) is 26.8. The summed E-state index contributed by atoms with van der Waals surface area (Å²) >= 11 is 0. The van der Waals surface area contributed by atoms with E-state index < -0.39 is 0 Å². The first-order valence-corrected chi connectivity index (χ1v) is 18.3. The summed E-state index contributed by atoms with van der Waals surface area (Å²) in [5.41, 5.74) is 12.9. The Morgan fingerprint density at radius 1 is 0.389 bits per heavy atom. The number of fused-ring (bicyclic) bond motifs is 5.